The van der Waals surface area contributed by atoms with E-state index in [0.29, 0.717) is 25.2 Å². The Morgan fingerprint density at radius 2 is 2.12 bits per heavy atom. The van der Waals surface area contributed by atoms with Gasteiger partial charge in [0.25, 0.3) is 0 Å². The topological polar surface area (TPSA) is 89.9 Å². The quantitative estimate of drug-likeness (QED) is 0.897. The summed E-state index contributed by atoms with van der Waals surface area (Å²) in [7, 11) is 0. The van der Waals surface area contributed by atoms with Gasteiger partial charge >= 0.3 is 0 Å². The van der Waals surface area contributed by atoms with Crippen molar-refractivity contribution in [1.82, 2.24) is 25.1 Å². The average Bonchev–Trinajstić information content (AvgIpc) is 3.04. The number of nitrogens with zero attached hydrogens (tertiary/aromatic N) is 5. The van der Waals surface area contributed by atoms with Crippen LogP contribution in [0.25, 0.3) is 11.4 Å². The maximum absolute atomic E-state index is 12.4. The number of benzene rings is 1. The minimum absolute atomic E-state index is 0.192. The van der Waals surface area contributed by atoms with Crippen molar-refractivity contribution in [1.29, 1.82) is 0 Å². The molecule has 1 saturated heterocycles. The molecule has 1 aromatic carbocycles. The number of likely N-dealkylation sites (tertiary alicyclic amines) is 1. The fraction of sp³-hybridized carbons (Fsp3) is 0.529. The zero-order chi connectivity index (χ0) is 16.9. The molecular formula is C17H24N6O. The molecule has 1 aliphatic rings. The van der Waals surface area contributed by atoms with Crippen molar-refractivity contribution < 1.29 is 4.79 Å². The molecule has 2 aromatic rings. The second-order valence-electron chi connectivity index (χ2n) is 6.40. The number of amides is 1. The summed E-state index contributed by atoms with van der Waals surface area (Å²) < 4.78 is 0. The van der Waals surface area contributed by atoms with Crippen molar-refractivity contribution in [2.75, 3.05) is 6.54 Å². The van der Waals surface area contributed by atoms with E-state index < -0.39 is 0 Å². The Balaban J connectivity index is 1.48. The lowest BCUT2D eigenvalue weighted by atomic mass is 9.98. The van der Waals surface area contributed by atoms with Crippen LogP contribution in [0.4, 0.5) is 0 Å². The van der Waals surface area contributed by atoms with Crippen molar-refractivity contribution in [3.63, 3.8) is 0 Å². The zero-order valence-electron chi connectivity index (χ0n) is 14.0. The third-order valence-electron chi connectivity index (χ3n) is 4.47. The van der Waals surface area contributed by atoms with Gasteiger partial charge in [-0.1, -0.05) is 30.3 Å². The average molecular weight is 328 g/mol. The van der Waals surface area contributed by atoms with Gasteiger partial charge in [0.15, 0.2) is 0 Å². The predicted octanol–water partition coefficient (Wildman–Crippen LogP) is 1.46. The third-order valence-corrected chi connectivity index (χ3v) is 4.47. The van der Waals surface area contributed by atoms with Crippen LogP contribution >= 0.6 is 0 Å². The molecule has 0 aliphatic carbocycles. The number of piperidine rings is 1. The fourth-order valence-electron chi connectivity index (χ4n) is 3.14. The number of rotatable bonds is 5. The van der Waals surface area contributed by atoms with Gasteiger partial charge in [-0.25, -0.2) is 0 Å². The first kappa shape index (κ1) is 16.6. The number of aromatic nitrogens is 4. The number of aryl methyl sites for hydroxylation is 1. The number of tetrazole rings is 1. The minimum atomic E-state index is 0.192. The van der Waals surface area contributed by atoms with Crippen LogP contribution in [0.3, 0.4) is 0 Å². The van der Waals surface area contributed by atoms with Gasteiger partial charge in [-0.3, -0.25) is 4.79 Å². The monoisotopic (exact) mass is 328 g/mol. The Morgan fingerprint density at radius 3 is 2.88 bits per heavy atom. The fourth-order valence-corrected chi connectivity index (χ4v) is 3.14. The Hall–Kier alpha value is -2.28. The summed E-state index contributed by atoms with van der Waals surface area (Å²) in [5.41, 5.74) is 6.89. The lowest BCUT2D eigenvalue weighted by molar-refractivity contribution is -0.134. The van der Waals surface area contributed by atoms with Gasteiger partial charge in [-0.2, -0.15) is 4.80 Å². The second-order valence-corrected chi connectivity index (χ2v) is 6.40. The summed E-state index contributed by atoms with van der Waals surface area (Å²) in [5, 5.41) is 12.5. The van der Waals surface area contributed by atoms with Gasteiger partial charge in [0, 0.05) is 30.6 Å². The maximum Gasteiger partial charge on any atom is 0.222 e. The molecule has 0 unspecified atom stereocenters. The molecule has 2 atom stereocenters. The van der Waals surface area contributed by atoms with Crippen LogP contribution in [0.1, 0.15) is 32.6 Å². The van der Waals surface area contributed by atoms with Crippen LogP contribution in [-0.4, -0.2) is 49.6 Å². The highest BCUT2D eigenvalue weighted by Gasteiger charge is 2.26. The van der Waals surface area contributed by atoms with E-state index in [2.05, 4.69) is 22.3 Å². The summed E-state index contributed by atoms with van der Waals surface area (Å²) in [5.74, 6) is 0.804. The number of carbonyl (C=O) groups excluding carboxylic acids is 1. The summed E-state index contributed by atoms with van der Waals surface area (Å²) >= 11 is 0. The van der Waals surface area contributed by atoms with Gasteiger partial charge in [0.1, 0.15) is 0 Å². The molecule has 0 spiro atoms. The van der Waals surface area contributed by atoms with Gasteiger partial charge in [0.05, 0.1) is 6.54 Å². The molecule has 1 fully saturated rings. The molecule has 128 valence electrons. The maximum atomic E-state index is 12.4. The standard InChI is InChI=1S/C17H24N6O/c1-13-12-15(18)9-11-22(13)16(24)8-5-10-23-20-17(19-21-23)14-6-3-2-4-7-14/h2-4,6-7,13,15H,5,8-12,18H2,1H3/t13-,15+/m0/s1. The molecule has 0 radical (unpaired) electrons. The third kappa shape index (κ3) is 3.97. The zero-order valence-corrected chi connectivity index (χ0v) is 14.0. The first-order chi connectivity index (χ1) is 11.6. The van der Waals surface area contributed by atoms with Crippen LogP contribution in [-0.2, 0) is 11.3 Å². The summed E-state index contributed by atoms with van der Waals surface area (Å²) in [6.45, 7) is 3.43. The van der Waals surface area contributed by atoms with Gasteiger partial charge < -0.3 is 10.6 Å². The van der Waals surface area contributed by atoms with Gasteiger partial charge in [-0.05, 0) is 31.4 Å². The summed E-state index contributed by atoms with van der Waals surface area (Å²) in [6.07, 6.45) is 2.98. The molecule has 1 aromatic heterocycles. The van der Waals surface area contributed by atoms with Gasteiger partial charge in [-0.15, -0.1) is 10.2 Å². The SMILES string of the molecule is C[C@H]1C[C@H](N)CCN1C(=O)CCCn1nnc(-c2ccccc2)n1. The van der Waals surface area contributed by atoms with Crippen LogP contribution in [0.5, 0.6) is 0 Å². The number of hydrogen-bond acceptors (Lipinski definition) is 5. The van der Waals surface area contributed by atoms with E-state index in [9.17, 15) is 4.79 Å². The van der Waals surface area contributed by atoms with E-state index >= 15 is 0 Å². The summed E-state index contributed by atoms with van der Waals surface area (Å²) in [6, 6.07) is 10.2. The van der Waals surface area contributed by atoms with E-state index in [0.717, 1.165) is 24.9 Å². The normalized spacial score (nSPS) is 21.0. The van der Waals surface area contributed by atoms with Gasteiger partial charge in [0.2, 0.25) is 11.7 Å². The highest BCUT2D eigenvalue weighted by Crippen LogP contribution is 2.17. The van der Waals surface area contributed by atoms with Crippen molar-refractivity contribution in [2.24, 2.45) is 5.73 Å². The number of nitrogens with two attached hydrogens (primary N) is 1. The number of carbonyl (C=O) groups is 1. The van der Waals surface area contributed by atoms with Crippen LogP contribution in [0, 0.1) is 0 Å². The molecular weight excluding hydrogens is 304 g/mol. The smallest absolute Gasteiger partial charge is 0.222 e. The predicted molar refractivity (Wildman–Crippen MR) is 90.9 cm³/mol. The Bertz CT molecular complexity index is 671. The molecule has 7 nitrogen and oxygen atoms in total. The Kier molecular flexibility index (Phi) is 5.20. The van der Waals surface area contributed by atoms with E-state index in [-0.39, 0.29) is 18.0 Å². The highest BCUT2D eigenvalue weighted by molar-refractivity contribution is 5.76. The second kappa shape index (κ2) is 7.53. The molecule has 0 bridgehead atoms. The molecule has 2 N–H and O–H groups in total. The van der Waals surface area contributed by atoms with Crippen molar-refractivity contribution >= 4 is 5.91 Å². The molecule has 0 saturated carbocycles. The van der Waals surface area contributed by atoms with E-state index in [1.54, 1.807) is 4.80 Å². The highest BCUT2D eigenvalue weighted by atomic mass is 16.2. The Morgan fingerprint density at radius 1 is 1.33 bits per heavy atom. The number of hydrogen-bond donors (Lipinski definition) is 1. The van der Waals surface area contributed by atoms with E-state index in [1.165, 1.54) is 0 Å². The molecule has 1 aliphatic heterocycles. The van der Waals surface area contributed by atoms with Crippen molar-refractivity contribution in [3.8, 4) is 11.4 Å². The van der Waals surface area contributed by atoms with Crippen molar-refractivity contribution in [2.45, 2.75) is 51.2 Å². The Labute approximate surface area is 141 Å². The first-order valence-electron chi connectivity index (χ1n) is 8.52. The molecule has 1 amide bonds. The molecule has 2 heterocycles. The van der Waals surface area contributed by atoms with E-state index in [1.807, 2.05) is 35.2 Å². The molecule has 24 heavy (non-hydrogen) atoms. The summed E-state index contributed by atoms with van der Waals surface area (Å²) in [4.78, 5) is 15.9. The van der Waals surface area contributed by atoms with Crippen LogP contribution in [0.2, 0.25) is 0 Å². The van der Waals surface area contributed by atoms with Crippen molar-refractivity contribution in [3.05, 3.63) is 30.3 Å². The largest absolute Gasteiger partial charge is 0.340 e. The van der Waals surface area contributed by atoms with Crippen LogP contribution in [0.15, 0.2) is 30.3 Å². The minimum Gasteiger partial charge on any atom is -0.340 e. The van der Waals surface area contributed by atoms with Crippen LogP contribution < -0.4 is 5.73 Å². The first-order valence-corrected chi connectivity index (χ1v) is 8.52. The lowest BCUT2D eigenvalue weighted by Crippen LogP contribution is -2.48. The molecule has 3 rings (SSSR count). The lowest BCUT2D eigenvalue weighted by Gasteiger charge is -2.36. The molecule has 7 heteroatoms. The van der Waals surface area contributed by atoms with E-state index in [4.69, 9.17) is 5.73 Å².